The van der Waals surface area contributed by atoms with Gasteiger partial charge in [-0.2, -0.15) is 0 Å². The van der Waals surface area contributed by atoms with Crippen LogP contribution in [0.2, 0.25) is 0 Å². The Bertz CT molecular complexity index is 722. The normalized spacial score (nSPS) is 9.68. The van der Waals surface area contributed by atoms with E-state index in [-0.39, 0.29) is 17.6 Å². The van der Waals surface area contributed by atoms with Gasteiger partial charge >= 0.3 is 0 Å². The van der Waals surface area contributed by atoms with Gasteiger partial charge < -0.3 is 19.5 Å². The molecular weight excluding hydrogens is 342 g/mol. The number of para-hydroxylation sites is 2. The van der Waals surface area contributed by atoms with Gasteiger partial charge in [0.15, 0.2) is 23.2 Å². The highest BCUT2D eigenvalue weighted by molar-refractivity contribution is 7.80. The first kappa shape index (κ1) is 18.3. The number of hydrogen-bond donors (Lipinski definition) is 3. The van der Waals surface area contributed by atoms with E-state index in [4.69, 9.17) is 26.4 Å². The third-order valence-corrected chi connectivity index (χ3v) is 3.30. The predicted octanol–water partition coefficient (Wildman–Crippen LogP) is 2.10. The van der Waals surface area contributed by atoms with E-state index < -0.39 is 0 Å². The summed E-state index contributed by atoms with van der Waals surface area (Å²) in [5.74, 6) is 1.40. The minimum absolute atomic E-state index is 0.182. The van der Waals surface area contributed by atoms with Crippen molar-refractivity contribution in [2.24, 2.45) is 0 Å². The van der Waals surface area contributed by atoms with Crippen molar-refractivity contribution in [2.75, 3.05) is 26.1 Å². The number of ether oxygens (including phenoxy) is 3. The molecule has 0 aliphatic rings. The molecule has 0 aromatic heterocycles. The summed E-state index contributed by atoms with van der Waals surface area (Å²) in [7, 11) is 3.13. The SMILES string of the molecule is COc1ccc(NC(=S)NNC(=O)COc2ccccc2OC)cc1. The maximum Gasteiger partial charge on any atom is 0.276 e. The summed E-state index contributed by atoms with van der Waals surface area (Å²) in [4.78, 5) is 11.8. The lowest BCUT2D eigenvalue weighted by atomic mass is 10.3. The number of carbonyl (C=O) groups excluding carboxylic acids is 1. The van der Waals surface area contributed by atoms with Gasteiger partial charge in [0.1, 0.15) is 5.75 Å². The first-order chi connectivity index (χ1) is 12.1. The van der Waals surface area contributed by atoms with Crippen molar-refractivity contribution >= 4 is 28.9 Å². The highest BCUT2D eigenvalue weighted by Crippen LogP contribution is 2.25. The van der Waals surface area contributed by atoms with Crippen LogP contribution in [0, 0.1) is 0 Å². The van der Waals surface area contributed by atoms with Gasteiger partial charge in [-0.15, -0.1) is 0 Å². The van der Waals surface area contributed by atoms with Crippen LogP contribution in [0.15, 0.2) is 48.5 Å². The second kappa shape index (κ2) is 9.33. The zero-order valence-corrected chi connectivity index (χ0v) is 14.7. The van der Waals surface area contributed by atoms with E-state index in [0.29, 0.717) is 11.5 Å². The predicted molar refractivity (Wildman–Crippen MR) is 99.0 cm³/mol. The third kappa shape index (κ3) is 5.85. The van der Waals surface area contributed by atoms with Crippen LogP contribution < -0.4 is 30.4 Å². The van der Waals surface area contributed by atoms with E-state index in [1.165, 1.54) is 7.11 Å². The third-order valence-electron chi connectivity index (χ3n) is 3.09. The first-order valence-corrected chi connectivity index (χ1v) is 7.79. The standard InChI is InChI=1S/C17H19N3O4S/c1-22-13-9-7-12(8-10-13)18-17(25)20-19-16(21)11-24-15-6-4-3-5-14(15)23-2/h3-10H,11H2,1-2H3,(H,19,21)(H2,18,20,25). The molecule has 0 fully saturated rings. The molecule has 3 N–H and O–H groups in total. The van der Waals surface area contributed by atoms with E-state index in [2.05, 4.69) is 16.2 Å². The topological polar surface area (TPSA) is 80.9 Å². The summed E-state index contributed by atoms with van der Waals surface area (Å²) < 4.78 is 15.6. The smallest absolute Gasteiger partial charge is 0.276 e. The van der Waals surface area contributed by atoms with Crippen LogP contribution in [0.5, 0.6) is 17.2 Å². The van der Waals surface area contributed by atoms with Crippen molar-refractivity contribution in [1.82, 2.24) is 10.9 Å². The number of anilines is 1. The fraction of sp³-hybridized carbons (Fsp3) is 0.176. The van der Waals surface area contributed by atoms with Crippen molar-refractivity contribution in [3.05, 3.63) is 48.5 Å². The fourth-order valence-electron chi connectivity index (χ4n) is 1.88. The summed E-state index contributed by atoms with van der Waals surface area (Å²) in [6.45, 7) is -0.182. The van der Waals surface area contributed by atoms with Crippen molar-refractivity contribution in [3.8, 4) is 17.2 Å². The number of hydrogen-bond acceptors (Lipinski definition) is 5. The van der Waals surface area contributed by atoms with E-state index in [0.717, 1.165) is 11.4 Å². The number of amides is 1. The van der Waals surface area contributed by atoms with Crippen LogP contribution in [-0.4, -0.2) is 31.8 Å². The summed E-state index contributed by atoms with van der Waals surface area (Å²) in [6.07, 6.45) is 0. The molecule has 0 unspecified atom stereocenters. The quantitative estimate of drug-likeness (QED) is 0.537. The first-order valence-electron chi connectivity index (χ1n) is 7.38. The van der Waals surface area contributed by atoms with Gasteiger partial charge in [-0.3, -0.25) is 15.6 Å². The molecule has 25 heavy (non-hydrogen) atoms. The molecular formula is C17H19N3O4S. The highest BCUT2D eigenvalue weighted by Gasteiger charge is 2.07. The van der Waals surface area contributed by atoms with E-state index in [1.807, 2.05) is 6.07 Å². The number of thiocarbonyl (C=S) groups is 1. The number of rotatable bonds is 6. The van der Waals surface area contributed by atoms with Gasteiger partial charge in [0.05, 0.1) is 14.2 Å². The van der Waals surface area contributed by atoms with Gasteiger partial charge in [-0.1, -0.05) is 12.1 Å². The lowest BCUT2D eigenvalue weighted by molar-refractivity contribution is -0.123. The van der Waals surface area contributed by atoms with Crippen molar-refractivity contribution in [1.29, 1.82) is 0 Å². The Morgan fingerprint density at radius 2 is 1.64 bits per heavy atom. The Morgan fingerprint density at radius 3 is 2.28 bits per heavy atom. The van der Waals surface area contributed by atoms with Gasteiger partial charge in [0.2, 0.25) is 0 Å². The molecule has 8 heteroatoms. The molecule has 0 saturated carbocycles. The zero-order chi connectivity index (χ0) is 18.1. The molecule has 0 heterocycles. The average Bonchev–Trinajstić information content (AvgIpc) is 2.65. The lowest BCUT2D eigenvalue weighted by Crippen LogP contribution is -2.45. The largest absolute Gasteiger partial charge is 0.497 e. The monoisotopic (exact) mass is 361 g/mol. The molecule has 2 aromatic carbocycles. The van der Waals surface area contributed by atoms with Crippen LogP contribution in [-0.2, 0) is 4.79 Å². The molecule has 0 radical (unpaired) electrons. The second-order valence-electron chi connectivity index (χ2n) is 4.80. The summed E-state index contributed by atoms with van der Waals surface area (Å²) in [5.41, 5.74) is 5.81. The molecule has 0 aliphatic carbocycles. The Morgan fingerprint density at radius 1 is 0.960 bits per heavy atom. The molecule has 0 atom stereocenters. The number of benzene rings is 2. The van der Waals surface area contributed by atoms with E-state index in [9.17, 15) is 4.79 Å². The van der Waals surface area contributed by atoms with Crippen LogP contribution in [0.25, 0.3) is 0 Å². The van der Waals surface area contributed by atoms with E-state index >= 15 is 0 Å². The molecule has 0 aliphatic heterocycles. The van der Waals surface area contributed by atoms with Gasteiger partial charge in [0.25, 0.3) is 5.91 Å². The average molecular weight is 361 g/mol. The van der Waals surface area contributed by atoms with Gasteiger partial charge in [-0.05, 0) is 48.6 Å². The Kier molecular flexibility index (Phi) is 6.85. The minimum Gasteiger partial charge on any atom is -0.497 e. The number of carbonyl (C=O) groups is 1. The Balaban J connectivity index is 1.74. The molecule has 0 spiro atoms. The molecule has 0 saturated heterocycles. The molecule has 7 nitrogen and oxygen atoms in total. The van der Waals surface area contributed by atoms with Crippen LogP contribution in [0.4, 0.5) is 5.69 Å². The zero-order valence-electron chi connectivity index (χ0n) is 13.9. The number of hydrazine groups is 1. The molecule has 2 aromatic rings. The summed E-state index contributed by atoms with van der Waals surface area (Å²) in [6, 6.07) is 14.3. The maximum atomic E-state index is 11.8. The summed E-state index contributed by atoms with van der Waals surface area (Å²) >= 11 is 5.10. The van der Waals surface area contributed by atoms with Crippen LogP contribution in [0.3, 0.4) is 0 Å². The van der Waals surface area contributed by atoms with Crippen molar-refractivity contribution < 1.29 is 19.0 Å². The number of nitrogens with one attached hydrogen (secondary N) is 3. The second-order valence-corrected chi connectivity index (χ2v) is 5.20. The molecule has 2 rings (SSSR count). The van der Waals surface area contributed by atoms with Crippen molar-refractivity contribution in [3.63, 3.8) is 0 Å². The Labute approximate surface area is 151 Å². The van der Waals surface area contributed by atoms with E-state index in [1.54, 1.807) is 49.6 Å². The molecule has 0 bridgehead atoms. The fourth-order valence-corrected chi connectivity index (χ4v) is 2.05. The highest BCUT2D eigenvalue weighted by atomic mass is 32.1. The van der Waals surface area contributed by atoms with Crippen LogP contribution in [0.1, 0.15) is 0 Å². The number of methoxy groups -OCH3 is 2. The van der Waals surface area contributed by atoms with Gasteiger partial charge in [-0.25, -0.2) is 0 Å². The Hall–Kier alpha value is -3.00. The summed E-state index contributed by atoms with van der Waals surface area (Å²) in [5, 5.41) is 3.18. The molecule has 1 amide bonds. The van der Waals surface area contributed by atoms with Crippen molar-refractivity contribution in [2.45, 2.75) is 0 Å². The minimum atomic E-state index is -0.384. The molecule has 132 valence electrons. The maximum absolute atomic E-state index is 11.8. The van der Waals surface area contributed by atoms with Gasteiger partial charge in [0, 0.05) is 5.69 Å². The lowest BCUT2D eigenvalue weighted by Gasteiger charge is -2.13. The van der Waals surface area contributed by atoms with Crippen LogP contribution >= 0.6 is 12.2 Å².